The van der Waals surface area contributed by atoms with Crippen LogP contribution >= 0.6 is 0 Å². The van der Waals surface area contributed by atoms with E-state index in [1.165, 1.54) is 12.1 Å². The van der Waals surface area contributed by atoms with E-state index in [1.807, 2.05) is 0 Å². The maximum atomic E-state index is 14.8. The third kappa shape index (κ3) is 4.38. The number of alkyl halides is 3. The van der Waals surface area contributed by atoms with Crippen LogP contribution in [0.4, 0.5) is 17.6 Å². The fourth-order valence-electron chi connectivity index (χ4n) is 4.37. The average Bonchev–Trinajstić information content (AvgIpc) is 3.30. The monoisotopic (exact) mass is 440 g/mol. The molecule has 2 atom stereocenters. The molecule has 168 valence electrons. The summed E-state index contributed by atoms with van der Waals surface area (Å²) in [5.74, 6) is -0.942. The molecule has 0 amide bonds. The Morgan fingerprint density at radius 1 is 1.00 bits per heavy atom. The van der Waals surface area contributed by atoms with E-state index in [0.29, 0.717) is 16.7 Å². The van der Waals surface area contributed by atoms with Crippen LogP contribution in [0.2, 0.25) is 0 Å². The zero-order valence-electron chi connectivity index (χ0n) is 17.4. The van der Waals surface area contributed by atoms with Gasteiger partial charge in [-0.2, -0.15) is 4.39 Å². The van der Waals surface area contributed by atoms with Crippen molar-refractivity contribution >= 4 is 21.9 Å². The minimum Gasteiger partial charge on any atom is -0.491 e. The van der Waals surface area contributed by atoms with Gasteiger partial charge in [0.15, 0.2) is 22.7 Å². The topological polar surface area (TPSA) is 40.8 Å². The molecule has 0 aliphatic heterocycles. The Balaban J connectivity index is 1.78. The molecule has 4 rings (SSSR count). The molecule has 1 saturated carbocycles. The van der Waals surface area contributed by atoms with E-state index in [9.17, 15) is 17.6 Å². The molecule has 3 aromatic rings. The van der Waals surface area contributed by atoms with Crippen molar-refractivity contribution in [3.05, 3.63) is 30.1 Å². The maximum Gasteiger partial charge on any atom is 0.573 e. The number of rotatable bonds is 7. The Hall–Kier alpha value is -2.64. The third-order valence-electron chi connectivity index (χ3n) is 5.63. The van der Waals surface area contributed by atoms with Crippen molar-refractivity contribution in [3.8, 4) is 17.2 Å². The standard InChI is InChI=1S/C23H24F4O4/c1-3-5-13-6-7-14(12-13)29-18-11-9-16-15-8-10-17(28-4-2)19(24)20(15)30-21(16)22(18)31-23(25,26)27/h8-11,13-14H,3-7,12H2,1-2H3. The van der Waals surface area contributed by atoms with E-state index >= 15 is 0 Å². The summed E-state index contributed by atoms with van der Waals surface area (Å²) in [6.07, 6.45) is -0.511. The first-order chi connectivity index (χ1) is 14.8. The second kappa shape index (κ2) is 8.48. The van der Waals surface area contributed by atoms with Gasteiger partial charge in [0.05, 0.1) is 12.7 Å². The second-order valence-electron chi connectivity index (χ2n) is 7.81. The van der Waals surface area contributed by atoms with Crippen molar-refractivity contribution in [1.82, 2.24) is 0 Å². The Morgan fingerprint density at radius 3 is 2.39 bits per heavy atom. The molecule has 1 aromatic heterocycles. The molecule has 4 nitrogen and oxygen atoms in total. The van der Waals surface area contributed by atoms with Gasteiger partial charge in [-0.05, 0) is 56.4 Å². The predicted octanol–water partition coefficient (Wildman–Crippen LogP) is 7.37. The van der Waals surface area contributed by atoms with Crippen LogP contribution in [0.25, 0.3) is 21.9 Å². The van der Waals surface area contributed by atoms with E-state index in [4.69, 9.17) is 13.9 Å². The number of halogens is 4. The molecule has 1 aliphatic carbocycles. The second-order valence-corrected chi connectivity index (χ2v) is 7.81. The SMILES string of the molecule is CCCC1CCC(Oc2ccc3c(oc4c(F)c(OCC)ccc43)c2OC(F)(F)F)C1. The molecule has 8 heteroatoms. The summed E-state index contributed by atoms with van der Waals surface area (Å²) >= 11 is 0. The highest BCUT2D eigenvalue weighted by molar-refractivity contribution is 6.08. The lowest BCUT2D eigenvalue weighted by Crippen LogP contribution is -2.19. The first kappa shape index (κ1) is 21.6. The van der Waals surface area contributed by atoms with Crippen LogP contribution in [-0.4, -0.2) is 19.1 Å². The van der Waals surface area contributed by atoms with Crippen molar-refractivity contribution in [1.29, 1.82) is 0 Å². The van der Waals surface area contributed by atoms with E-state index < -0.39 is 17.9 Å². The van der Waals surface area contributed by atoms with Crippen molar-refractivity contribution in [2.75, 3.05) is 6.61 Å². The van der Waals surface area contributed by atoms with E-state index in [1.54, 1.807) is 19.1 Å². The van der Waals surface area contributed by atoms with E-state index in [2.05, 4.69) is 11.7 Å². The number of hydrogen-bond donors (Lipinski definition) is 0. The largest absolute Gasteiger partial charge is 0.573 e. The highest BCUT2D eigenvalue weighted by atomic mass is 19.4. The quantitative estimate of drug-likeness (QED) is 0.360. The lowest BCUT2D eigenvalue weighted by molar-refractivity contribution is -0.274. The lowest BCUT2D eigenvalue weighted by atomic mass is 10.0. The maximum absolute atomic E-state index is 14.8. The molecule has 2 unspecified atom stereocenters. The van der Waals surface area contributed by atoms with Crippen LogP contribution in [0.15, 0.2) is 28.7 Å². The molecule has 0 saturated heterocycles. The van der Waals surface area contributed by atoms with Crippen LogP contribution < -0.4 is 14.2 Å². The van der Waals surface area contributed by atoms with Gasteiger partial charge in [-0.25, -0.2) is 0 Å². The van der Waals surface area contributed by atoms with Crippen LogP contribution in [0.1, 0.15) is 46.0 Å². The molecular weight excluding hydrogens is 416 g/mol. The summed E-state index contributed by atoms with van der Waals surface area (Å²) in [4.78, 5) is 0. The number of furan rings is 1. The summed E-state index contributed by atoms with van der Waals surface area (Å²) in [6, 6.07) is 5.98. The number of fused-ring (bicyclic) bond motifs is 3. The van der Waals surface area contributed by atoms with Crippen molar-refractivity contribution in [2.45, 2.75) is 58.4 Å². The third-order valence-corrected chi connectivity index (χ3v) is 5.63. The number of ether oxygens (including phenoxy) is 3. The van der Waals surface area contributed by atoms with Crippen molar-refractivity contribution < 1.29 is 36.2 Å². The Morgan fingerprint density at radius 2 is 1.71 bits per heavy atom. The van der Waals surface area contributed by atoms with E-state index in [0.717, 1.165) is 32.1 Å². The highest BCUT2D eigenvalue weighted by Crippen LogP contribution is 2.45. The lowest BCUT2D eigenvalue weighted by Gasteiger charge is -2.18. The van der Waals surface area contributed by atoms with Gasteiger partial charge in [-0.1, -0.05) is 19.8 Å². The smallest absolute Gasteiger partial charge is 0.491 e. The van der Waals surface area contributed by atoms with Gasteiger partial charge in [0.25, 0.3) is 0 Å². The van der Waals surface area contributed by atoms with Gasteiger partial charge in [0, 0.05) is 10.8 Å². The molecule has 0 N–H and O–H groups in total. The average molecular weight is 440 g/mol. The normalized spacial score (nSPS) is 19.3. The van der Waals surface area contributed by atoms with Gasteiger partial charge < -0.3 is 18.6 Å². The van der Waals surface area contributed by atoms with Crippen LogP contribution in [0.3, 0.4) is 0 Å². The summed E-state index contributed by atoms with van der Waals surface area (Å²) in [5, 5.41) is 0.636. The summed E-state index contributed by atoms with van der Waals surface area (Å²) < 4.78 is 75.4. The first-order valence-corrected chi connectivity index (χ1v) is 10.5. The fraction of sp³-hybridized carbons (Fsp3) is 0.478. The van der Waals surface area contributed by atoms with Crippen LogP contribution in [0.5, 0.6) is 17.2 Å². The molecule has 0 spiro atoms. The van der Waals surface area contributed by atoms with Gasteiger partial charge in [0.2, 0.25) is 11.6 Å². The Bertz CT molecular complexity index is 1070. The minimum absolute atomic E-state index is 0.0308. The van der Waals surface area contributed by atoms with Gasteiger partial charge >= 0.3 is 6.36 Å². The molecule has 1 heterocycles. The van der Waals surface area contributed by atoms with Gasteiger partial charge in [-0.15, -0.1) is 13.2 Å². The summed E-state index contributed by atoms with van der Waals surface area (Å²) in [7, 11) is 0. The highest BCUT2D eigenvalue weighted by Gasteiger charge is 2.36. The number of hydrogen-bond acceptors (Lipinski definition) is 4. The zero-order valence-corrected chi connectivity index (χ0v) is 17.4. The molecule has 2 aromatic carbocycles. The summed E-state index contributed by atoms with van der Waals surface area (Å²) in [5.41, 5.74) is -0.394. The molecule has 31 heavy (non-hydrogen) atoms. The molecule has 0 radical (unpaired) electrons. The van der Waals surface area contributed by atoms with Crippen LogP contribution in [-0.2, 0) is 0 Å². The predicted molar refractivity (Wildman–Crippen MR) is 108 cm³/mol. The summed E-state index contributed by atoms with van der Waals surface area (Å²) in [6.45, 7) is 4.05. The fourth-order valence-corrected chi connectivity index (χ4v) is 4.37. The van der Waals surface area contributed by atoms with E-state index in [-0.39, 0.29) is 35.4 Å². The molecule has 1 aliphatic rings. The van der Waals surface area contributed by atoms with Crippen molar-refractivity contribution in [3.63, 3.8) is 0 Å². The number of benzene rings is 2. The Kier molecular flexibility index (Phi) is 5.90. The van der Waals surface area contributed by atoms with Gasteiger partial charge in [0.1, 0.15) is 0 Å². The Labute approximate surface area is 177 Å². The molecule has 0 bridgehead atoms. The first-order valence-electron chi connectivity index (χ1n) is 10.5. The molecule has 1 fully saturated rings. The zero-order chi connectivity index (χ0) is 22.2. The molecular formula is C23H24F4O4. The van der Waals surface area contributed by atoms with Crippen LogP contribution in [0, 0.1) is 11.7 Å². The minimum atomic E-state index is -4.96. The van der Waals surface area contributed by atoms with Gasteiger partial charge in [-0.3, -0.25) is 0 Å². The van der Waals surface area contributed by atoms with Crippen molar-refractivity contribution in [2.24, 2.45) is 5.92 Å².